The highest BCUT2D eigenvalue weighted by atomic mass is 32.2. The second kappa shape index (κ2) is 10.8. The summed E-state index contributed by atoms with van der Waals surface area (Å²) in [6.45, 7) is 6.89. The van der Waals surface area contributed by atoms with Crippen LogP contribution >= 0.6 is 0 Å². The van der Waals surface area contributed by atoms with Gasteiger partial charge in [0.15, 0.2) is 0 Å². The second-order valence-electron chi connectivity index (χ2n) is 9.42. The van der Waals surface area contributed by atoms with Crippen molar-refractivity contribution in [3.63, 3.8) is 0 Å². The molecule has 1 aromatic heterocycles. The first-order valence-electron chi connectivity index (χ1n) is 11.6. The standard InChI is InChI=1S/C28H28N4O4S/c1-28(2,3)22-9-13-24(14-10-22)36-19-20-5-7-21(8-6-20)26(33)31-23-11-15-25(16-12-23)37(34,35)32-27-29-17-4-18-30-27/h4-18H,19H2,1-3H3,(H,31,33)(H,29,30,32). The van der Waals surface area contributed by atoms with E-state index < -0.39 is 10.0 Å². The Kier molecular flexibility index (Phi) is 7.54. The van der Waals surface area contributed by atoms with Gasteiger partial charge in [0.05, 0.1) is 4.90 Å². The molecule has 9 heteroatoms. The molecule has 0 spiro atoms. The van der Waals surface area contributed by atoms with Crippen molar-refractivity contribution < 1.29 is 17.9 Å². The van der Waals surface area contributed by atoms with Crippen LogP contribution in [0, 0.1) is 0 Å². The van der Waals surface area contributed by atoms with Gasteiger partial charge in [-0.05, 0) is 71.1 Å². The number of sulfonamides is 1. The molecule has 0 bridgehead atoms. The van der Waals surface area contributed by atoms with Gasteiger partial charge in [-0.25, -0.2) is 23.1 Å². The Hall–Kier alpha value is -4.24. The molecule has 0 aliphatic heterocycles. The Labute approximate surface area is 216 Å². The number of rotatable bonds is 8. The fourth-order valence-corrected chi connectivity index (χ4v) is 4.38. The predicted molar refractivity (Wildman–Crippen MR) is 143 cm³/mol. The lowest BCUT2D eigenvalue weighted by Crippen LogP contribution is -2.15. The summed E-state index contributed by atoms with van der Waals surface area (Å²) < 4.78 is 33.2. The molecule has 8 nitrogen and oxygen atoms in total. The van der Waals surface area contributed by atoms with Crippen molar-refractivity contribution in [2.24, 2.45) is 0 Å². The number of carbonyl (C=O) groups excluding carboxylic acids is 1. The van der Waals surface area contributed by atoms with Gasteiger partial charge in [0, 0.05) is 23.6 Å². The molecular formula is C28H28N4O4S. The van der Waals surface area contributed by atoms with E-state index in [1.165, 1.54) is 42.2 Å². The molecule has 0 saturated heterocycles. The average molecular weight is 517 g/mol. The van der Waals surface area contributed by atoms with E-state index in [2.05, 4.69) is 52.9 Å². The van der Waals surface area contributed by atoms with Crippen LogP contribution in [-0.2, 0) is 22.0 Å². The number of hydrogen-bond donors (Lipinski definition) is 2. The van der Waals surface area contributed by atoms with Crippen LogP contribution in [0.15, 0.2) is 96.2 Å². The lowest BCUT2D eigenvalue weighted by molar-refractivity contribution is 0.102. The van der Waals surface area contributed by atoms with Crippen molar-refractivity contribution in [1.29, 1.82) is 0 Å². The highest BCUT2D eigenvalue weighted by Gasteiger charge is 2.16. The van der Waals surface area contributed by atoms with Gasteiger partial charge in [0.2, 0.25) is 5.95 Å². The number of nitrogens with zero attached hydrogens (tertiary/aromatic N) is 2. The molecule has 190 valence electrons. The third kappa shape index (κ3) is 6.92. The van der Waals surface area contributed by atoms with Gasteiger partial charge in [-0.2, -0.15) is 0 Å². The summed E-state index contributed by atoms with van der Waals surface area (Å²) in [7, 11) is -3.85. The highest BCUT2D eigenvalue weighted by molar-refractivity contribution is 7.92. The molecule has 1 amide bonds. The Morgan fingerprint density at radius 1 is 0.865 bits per heavy atom. The lowest BCUT2D eigenvalue weighted by Gasteiger charge is -2.19. The molecule has 3 aromatic carbocycles. The van der Waals surface area contributed by atoms with Gasteiger partial charge in [0.25, 0.3) is 15.9 Å². The van der Waals surface area contributed by atoms with Crippen LogP contribution in [0.3, 0.4) is 0 Å². The van der Waals surface area contributed by atoms with Crippen molar-refractivity contribution in [2.45, 2.75) is 37.7 Å². The zero-order valence-electron chi connectivity index (χ0n) is 20.8. The minimum atomic E-state index is -3.85. The molecule has 0 radical (unpaired) electrons. The Morgan fingerprint density at radius 2 is 1.49 bits per heavy atom. The topological polar surface area (TPSA) is 110 Å². The summed E-state index contributed by atoms with van der Waals surface area (Å²) in [5.74, 6) is 0.454. The number of benzene rings is 3. The Morgan fingerprint density at radius 3 is 2.08 bits per heavy atom. The first-order chi connectivity index (χ1) is 17.6. The van der Waals surface area contributed by atoms with Gasteiger partial charge in [-0.1, -0.05) is 45.0 Å². The smallest absolute Gasteiger partial charge is 0.264 e. The van der Waals surface area contributed by atoms with E-state index in [1.54, 1.807) is 18.2 Å². The summed E-state index contributed by atoms with van der Waals surface area (Å²) in [4.78, 5) is 20.4. The monoisotopic (exact) mass is 516 g/mol. The highest BCUT2D eigenvalue weighted by Crippen LogP contribution is 2.25. The molecule has 2 N–H and O–H groups in total. The minimum Gasteiger partial charge on any atom is -0.489 e. The number of carbonyl (C=O) groups is 1. The summed E-state index contributed by atoms with van der Waals surface area (Å²) in [5.41, 5.74) is 3.19. The molecule has 37 heavy (non-hydrogen) atoms. The first-order valence-corrected chi connectivity index (χ1v) is 13.1. The van der Waals surface area contributed by atoms with Crippen molar-refractivity contribution in [1.82, 2.24) is 9.97 Å². The van der Waals surface area contributed by atoms with Gasteiger partial charge in [-0.3, -0.25) is 4.79 Å². The normalized spacial score (nSPS) is 11.5. The third-order valence-electron chi connectivity index (χ3n) is 5.56. The van der Waals surface area contributed by atoms with Crippen LogP contribution in [0.4, 0.5) is 11.6 Å². The summed E-state index contributed by atoms with van der Waals surface area (Å²) >= 11 is 0. The van der Waals surface area contributed by atoms with Gasteiger partial charge in [-0.15, -0.1) is 0 Å². The van der Waals surface area contributed by atoms with E-state index >= 15 is 0 Å². The quantitative estimate of drug-likeness (QED) is 0.324. The lowest BCUT2D eigenvalue weighted by atomic mass is 9.87. The zero-order valence-corrected chi connectivity index (χ0v) is 21.6. The summed E-state index contributed by atoms with van der Waals surface area (Å²) in [5, 5.41) is 2.77. The van der Waals surface area contributed by atoms with Crippen molar-refractivity contribution >= 4 is 27.6 Å². The Balaban J connectivity index is 1.32. The molecule has 0 unspecified atom stereocenters. The maximum atomic E-state index is 12.7. The molecule has 0 fully saturated rings. The number of ether oxygens (including phenoxy) is 1. The maximum absolute atomic E-state index is 12.7. The molecule has 0 atom stereocenters. The van der Waals surface area contributed by atoms with E-state index in [9.17, 15) is 13.2 Å². The van der Waals surface area contributed by atoms with E-state index in [1.807, 2.05) is 24.3 Å². The van der Waals surface area contributed by atoms with Crippen molar-refractivity contribution in [3.8, 4) is 5.75 Å². The average Bonchev–Trinajstić information content (AvgIpc) is 2.88. The molecule has 0 aliphatic rings. The van der Waals surface area contributed by atoms with Crippen LogP contribution < -0.4 is 14.8 Å². The molecular weight excluding hydrogens is 488 g/mol. The van der Waals surface area contributed by atoms with Crippen LogP contribution in [-0.4, -0.2) is 24.3 Å². The Bertz CT molecular complexity index is 1450. The van der Waals surface area contributed by atoms with E-state index in [4.69, 9.17) is 4.74 Å². The van der Waals surface area contributed by atoms with E-state index in [-0.39, 0.29) is 22.2 Å². The number of anilines is 2. The third-order valence-corrected chi connectivity index (χ3v) is 6.90. The van der Waals surface area contributed by atoms with Crippen LogP contribution in [0.2, 0.25) is 0 Å². The fraction of sp³-hybridized carbons (Fsp3) is 0.179. The number of hydrogen-bond acceptors (Lipinski definition) is 6. The molecule has 0 saturated carbocycles. The molecule has 1 heterocycles. The van der Waals surface area contributed by atoms with E-state index in [0.717, 1.165) is 11.3 Å². The van der Waals surface area contributed by atoms with Crippen molar-refractivity contribution in [2.75, 3.05) is 10.0 Å². The largest absolute Gasteiger partial charge is 0.489 e. The molecule has 0 aliphatic carbocycles. The first kappa shape index (κ1) is 25.8. The molecule has 4 aromatic rings. The van der Waals surface area contributed by atoms with Crippen molar-refractivity contribution in [3.05, 3.63) is 108 Å². The second-order valence-corrected chi connectivity index (χ2v) is 11.1. The number of aromatic nitrogens is 2. The maximum Gasteiger partial charge on any atom is 0.264 e. The minimum absolute atomic E-state index is 0.0211. The number of nitrogens with one attached hydrogen (secondary N) is 2. The SMILES string of the molecule is CC(C)(C)c1ccc(OCc2ccc(C(=O)Nc3ccc(S(=O)(=O)Nc4ncccn4)cc3)cc2)cc1. The van der Waals surface area contributed by atoms with E-state index in [0.29, 0.717) is 17.9 Å². The number of amides is 1. The van der Waals surface area contributed by atoms with Crippen LogP contribution in [0.1, 0.15) is 42.3 Å². The molecule has 4 rings (SSSR count). The summed E-state index contributed by atoms with van der Waals surface area (Å²) in [6.07, 6.45) is 2.88. The van der Waals surface area contributed by atoms with Crippen LogP contribution in [0.25, 0.3) is 0 Å². The van der Waals surface area contributed by atoms with Crippen LogP contribution in [0.5, 0.6) is 5.75 Å². The van der Waals surface area contributed by atoms with Gasteiger partial charge < -0.3 is 10.1 Å². The summed E-state index contributed by atoms with van der Waals surface area (Å²) in [6, 6.07) is 22.6. The van der Waals surface area contributed by atoms with Gasteiger partial charge in [0.1, 0.15) is 12.4 Å². The van der Waals surface area contributed by atoms with Gasteiger partial charge >= 0.3 is 0 Å². The fourth-order valence-electron chi connectivity index (χ4n) is 3.42. The predicted octanol–water partition coefficient (Wildman–Crippen LogP) is 5.41. The zero-order chi connectivity index (χ0) is 26.5.